The number of likely N-dealkylation sites (N-methyl/N-ethyl adjacent to an activating group) is 1. The van der Waals surface area contributed by atoms with Crippen molar-refractivity contribution in [2.24, 2.45) is 0 Å². The lowest BCUT2D eigenvalue weighted by molar-refractivity contribution is 0.412. The molecular weight excluding hydrogens is 619 g/mol. The Morgan fingerprint density at radius 3 is 2.24 bits per heavy atom. The fourth-order valence-electron chi connectivity index (χ4n) is 8.56. The summed E-state index contributed by atoms with van der Waals surface area (Å²) in [5.74, 6) is 0. The SMILES string of the molecule is CN1C(c2cccc(-n3c4ccccc4c4cc(C5=CCC6C(=C5)c5ccccc5N6c5ccccc5)ccc43)c2)=CC=CC1c1ccccc1. The molecule has 1 aliphatic carbocycles. The number of allylic oxidation sites excluding steroid dienone is 4. The molecule has 6 aromatic carbocycles. The van der Waals surface area contributed by atoms with Gasteiger partial charge >= 0.3 is 0 Å². The van der Waals surface area contributed by atoms with Crippen LogP contribution in [0.15, 0.2) is 182 Å². The molecule has 0 radical (unpaired) electrons. The number of rotatable bonds is 5. The molecule has 2 unspecified atom stereocenters. The molecule has 0 saturated heterocycles. The molecule has 3 heterocycles. The summed E-state index contributed by atoms with van der Waals surface area (Å²) in [6.07, 6.45) is 12.5. The Kier molecular flexibility index (Phi) is 6.92. The van der Waals surface area contributed by atoms with Gasteiger partial charge in [-0.05, 0) is 94.9 Å². The summed E-state index contributed by atoms with van der Waals surface area (Å²) in [6, 6.07) is 55.8. The highest BCUT2D eigenvalue weighted by Gasteiger charge is 2.35. The van der Waals surface area contributed by atoms with Crippen molar-refractivity contribution in [1.82, 2.24) is 9.47 Å². The Balaban J connectivity index is 1.04. The van der Waals surface area contributed by atoms with E-state index in [0.29, 0.717) is 6.04 Å². The van der Waals surface area contributed by atoms with Gasteiger partial charge in [0.1, 0.15) is 0 Å². The van der Waals surface area contributed by atoms with E-state index in [0.717, 1.165) is 12.1 Å². The molecule has 0 N–H and O–H groups in total. The molecule has 0 fully saturated rings. The van der Waals surface area contributed by atoms with Crippen molar-refractivity contribution >= 4 is 50.0 Å². The van der Waals surface area contributed by atoms with E-state index in [1.54, 1.807) is 0 Å². The van der Waals surface area contributed by atoms with E-state index in [4.69, 9.17) is 0 Å². The molecule has 0 saturated carbocycles. The second kappa shape index (κ2) is 11.9. The Labute approximate surface area is 299 Å². The molecule has 0 bridgehead atoms. The molecule has 0 spiro atoms. The quantitative estimate of drug-likeness (QED) is 0.183. The van der Waals surface area contributed by atoms with Crippen LogP contribution >= 0.6 is 0 Å². The minimum Gasteiger partial charge on any atom is -0.364 e. The summed E-state index contributed by atoms with van der Waals surface area (Å²) in [6.45, 7) is 0. The van der Waals surface area contributed by atoms with Gasteiger partial charge < -0.3 is 14.4 Å². The highest BCUT2D eigenvalue weighted by atomic mass is 15.2. The molecule has 2 atom stereocenters. The number of nitrogens with zero attached hydrogens (tertiary/aromatic N) is 3. The van der Waals surface area contributed by atoms with Crippen LogP contribution in [0.5, 0.6) is 0 Å². The lowest BCUT2D eigenvalue weighted by Gasteiger charge is -2.33. The summed E-state index contributed by atoms with van der Waals surface area (Å²) in [5, 5.41) is 2.54. The maximum absolute atomic E-state index is 2.51. The number of hydrogen-bond acceptors (Lipinski definition) is 2. The summed E-state index contributed by atoms with van der Waals surface area (Å²) >= 11 is 0. The number of aromatic nitrogens is 1. The Morgan fingerprint density at radius 2 is 1.35 bits per heavy atom. The highest BCUT2D eigenvalue weighted by Crippen LogP contribution is 2.49. The van der Waals surface area contributed by atoms with E-state index in [1.165, 1.54) is 72.3 Å². The topological polar surface area (TPSA) is 11.4 Å². The number of para-hydroxylation sites is 3. The molecule has 51 heavy (non-hydrogen) atoms. The Hall–Kier alpha value is -6.32. The molecule has 3 heteroatoms. The number of benzene rings is 6. The van der Waals surface area contributed by atoms with Gasteiger partial charge in [0.25, 0.3) is 0 Å². The van der Waals surface area contributed by atoms with Crippen molar-refractivity contribution < 1.29 is 0 Å². The molecule has 7 aromatic rings. The van der Waals surface area contributed by atoms with E-state index in [2.05, 4.69) is 203 Å². The molecule has 10 rings (SSSR count). The molecule has 3 aliphatic rings. The molecular formula is C48H37N3. The van der Waals surface area contributed by atoms with Gasteiger partial charge in [0.05, 0.1) is 23.1 Å². The average Bonchev–Trinajstić information content (AvgIpc) is 3.71. The first kappa shape index (κ1) is 29.6. The smallest absolute Gasteiger partial charge is 0.0726 e. The predicted octanol–water partition coefficient (Wildman–Crippen LogP) is 11.8. The van der Waals surface area contributed by atoms with Crippen molar-refractivity contribution in [3.8, 4) is 5.69 Å². The first-order valence-electron chi connectivity index (χ1n) is 17.9. The number of fused-ring (bicyclic) bond motifs is 6. The summed E-state index contributed by atoms with van der Waals surface area (Å²) in [7, 11) is 2.20. The van der Waals surface area contributed by atoms with Gasteiger partial charge in [-0.15, -0.1) is 0 Å². The van der Waals surface area contributed by atoms with E-state index in [-0.39, 0.29) is 6.04 Å². The van der Waals surface area contributed by atoms with Crippen LogP contribution in [0.3, 0.4) is 0 Å². The average molecular weight is 656 g/mol. The fraction of sp³-hybridized carbons (Fsp3) is 0.0833. The van der Waals surface area contributed by atoms with Crippen LogP contribution in [0.25, 0.3) is 44.3 Å². The van der Waals surface area contributed by atoms with Gasteiger partial charge in [0, 0.05) is 46.1 Å². The van der Waals surface area contributed by atoms with Crippen LogP contribution in [0.2, 0.25) is 0 Å². The zero-order chi connectivity index (χ0) is 33.9. The van der Waals surface area contributed by atoms with Crippen LogP contribution in [-0.2, 0) is 0 Å². The van der Waals surface area contributed by atoms with Crippen molar-refractivity contribution in [2.45, 2.75) is 18.5 Å². The van der Waals surface area contributed by atoms with Crippen molar-refractivity contribution in [3.63, 3.8) is 0 Å². The third-order valence-electron chi connectivity index (χ3n) is 10.9. The second-order valence-corrected chi connectivity index (χ2v) is 13.8. The molecule has 2 aliphatic heterocycles. The van der Waals surface area contributed by atoms with Gasteiger partial charge in [-0.2, -0.15) is 0 Å². The van der Waals surface area contributed by atoms with Crippen molar-refractivity contribution in [1.29, 1.82) is 0 Å². The molecule has 1 aromatic heterocycles. The Morgan fingerprint density at radius 1 is 0.608 bits per heavy atom. The van der Waals surface area contributed by atoms with Crippen LogP contribution < -0.4 is 4.90 Å². The van der Waals surface area contributed by atoms with Gasteiger partial charge in [0.15, 0.2) is 0 Å². The Bertz CT molecular complexity index is 2580. The minimum atomic E-state index is 0.194. The summed E-state index contributed by atoms with van der Waals surface area (Å²) in [4.78, 5) is 4.89. The zero-order valence-electron chi connectivity index (χ0n) is 28.5. The lowest BCUT2D eigenvalue weighted by atomic mass is 9.89. The largest absolute Gasteiger partial charge is 0.364 e. The zero-order valence-corrected chi connectivity index (χ0v) is 28.5. The summed E-state index contributed by atoms with van der Waals surface area (Å²) in [5.41, 5.74) is 15.1. The first-order chi connectivity index (χ1) is 25.2. The normalized spacial score (nSPS) is 18.0. The maximum atomic E-state index is 2.51. The first-order valence-corrected chi connectivity index (χ1v) is 17.9. The standard InChI is InChI=1S/C48H37N3/c1-49-43(33-14-4-2-5-15-33)24-13-25-44(49)36-16-12-19-38(30-36)51-46-23-11-9-21-40(46)42-32-35(27-29-48(42)51)34-26-28-47-41(31-34)39-20-8-10-22-45(39)50(47)37-17-6-3-7-18-37/h2-27,29-32,43,47H,28H2,1H3. The van der Waals surface area contributed by atoms with Gasteiger partial charge in [-0.3, -0.25) is 0 Å². The van der Waals surface area contributed by atoms with Crippen LogP contribution in [0, 0.1) is 0 Å². The number of anilines is 2. The van der Waals surface area contributed by atoms with Gasteiger partial charge in [-0.25, -0.2) is 0 Å². The van der Waals surface area contributed by atoms with Crippen molar-refractivity contribution in [3.05, 3.63) is 204 Å². The monoisotopic (exact) mass is 655 g/mol. The van der Waals surface area contributed by atoms with E-state index >= 15 is 0 Å². The van der Waals surface area contributed by atoms with Crippen LogP contribution in [0.1, 0.15) is 34.7 Å². The minimum absolute atomic E-state index is 0.194. The maximum Gasteiger partial charge on any atom is 0.0726 e. The van der Waals surface area contributed by atoms with Gasteiger partial charge in [-0.1, -0.05) is 121 Å². The third-order valence-corrected chi connectivity index (χ3v) is 10.9. The van der Waals surface area contributed by atoms with E-state index in [1.807, 2.05) is 0 Å². The van der Waals surface area contributed by atoms with Crippen molar-refractivity contribution in [2.75, 3.05) is 11.9 Å². The predicted molar refractivity (Wildman–Crippen MR) is 214 cm³/mol. The van der Waals surface area contributed by atoms with Crippen LogP contribution in [0.4, 0.5) is 11.4 Å². The number of hydrogen-bond donors (Lipinski definition) is 0. The lowest BCUT2D eigenvalue weighted by Crippen LogP contribution is -2.27. The van der Waals surface area contributed by atoms with Gasteiger partial charge in [0.2, 0.25) is 0 Å². The fourth-order valence-corrected chi connectivity index (χ4v) is 8.56. The third kappa shape index (κ3) is 4.80. The van der Waals surface area contributed by atoms with E-state index in [9.17, 15) is 0 Å². The van der Waals surface area contributed by atoms with Crippen LogP contribution in [-0.4, -0.2) is 22.6 Å². The second-order valence-electron chi connectivity index (χ2n) is 13.8. The molecule has 244 valence electrons. The van der Waals surface area contributed by atoms with E-state index < -0.39 is 0 Å². The molecule has 0 amide bonds. The molecule has 3 nitrogen and oxygen atoms in total. The highest BCUT2D eigenvalue weighted by molar-refractivity contribution is 6.10. The summed E-state index contributed by atoms with van der Waals surface area (Å²) < 4.78 is 2.43.